The Morgan fingerprint density at radius 1 is 1.06 bits per heavy atom. The highest BCUT2D eigenvalue weighted by atomic mass is 32.1. The average Bonchev–Trinajstić information content (AvgIpc) is 3.54. The zero-order valence-corrected chi connectivity index (χ0v) is 19.7. The molecule has 10 nitrogen and oxygen atoms in total. The average molecular weight is 498 g/mol. The Hall–Kier alpha value is -3.99. The molecular formula is C24H27N5O5S. The van der Waals surface area contributed by atoms with Gasteiger partial charge >= 0.3 is 5.97 Å². The first-order chi connectivity index (χ1) is 16.8. The van der Waals surface area contributed by atoms with Crippen molar-refractivity contribution in [2.24, 2.45) is 5.73 Å². The predicted molar refractivity (Wildman–Crippen MR) is 130 cm³/mol. The number of carboxylic acid groups (broad SMARTS) is 1. The Bertz CT molecular complexity index is 1130. The minimum absolute atomic E-state index is 0.0855. The van der Waals surface area contributed by atoms with Crippen LogP contribution in [0.25, 0.3) is 10.4 Å². The van der Waals surface area contributed by atoms with E-state index in [4.69, 9.17) is 10.8 Å². The lowest BCUT2D eigenvalue weighted by Gasteiger charge is -2.21. The zero-order valence-electron chi connectivity index (χ0n) is 18.9. The Kier molecular flexibility index (Phi) is 9.13. The number of amides is 3. The number of H-pyrrole nitrogens is 1. The third-order valence-corrected chi connectivity index (χ3v) is 6.26. The quantitative estimate of drug-likeness (QED) is 0.241. The largest absolute Gasteiger partial charge is 0.481 e. The lowest BCUT2D eigenvalue weighted by Crippen LogP contribution is -2.53. The lowest BCUT2D eigenvalue weighted by atomic mass is 10.1. The van der Waals surface area contributed by atoms with Gasteiger partial charge in [0.25, 0.3) is 0 Å². The van der Waals surface area contributed by atoms with Crippen LogP contribution in [-0.2, 0) is 32.0 Å². The van der Waals surface area contributed by atoms with E-state index < -0.39 is 35.8 Å². The van der Waals surface area contributed by atoms with Crippen LogP contribution in [-0.4, -0.2) is 50.8 Å². The van der Waals surface area contributed by atoms with Gasteiger partial charge in [-0.25, -0.2) is 4.98 Å². The molecule has 184 valence electrons. The number of imidazole rings is 1. The number of thiophene rings is 1. The van der Waals surface area contributed by atoms with Crippen LogP contribution in [0.3, 0.4) is 0 Å². The fourth-order valence-electron chi connectivity index (χ4n) is 3.45. The van der Waals surface area contributed by atoms with Crippen molar-refractivity contribution in [2.75, 3.05) is 0 Å². The van der Waals surface area contributed by atoms with Gasteiger partial charge < -0.3 is 26.5 Å². The number of nitrogens with two attached hydrogens (primary N) is 1. The molecule has 0 fully saturated rings. The van der Waals surface area contributed by atoms with E-state index in [0.717, 1.165) is 16.0 Å². The summed E-state index contributed by atoms with van der Waals surface area (Å²) < 4.78 is 0. The van der Waals surface area contributed by atoms with Crippen molar-refractivity contribution in [3.63, 3.8) is 0 Å². The van der Waals surface area contributed by atoms with Gasteiger partial charge in [0.2, 0.25) is 17.7 Å². The van der Waals surface area contributed by atoms with Gasteiger partial charge in [0, 0.05) is 36.0 Å². The number of aliphatic carboxylic acids is 1. The van der Waals surface area contributed by atoms with Gasteiger partial charge in [-0.15, -0.1) is 11.3 Å². The monoisotopic (exact) mass is 497 g/mol. The number of benzene rings is 1. The molecule has 3 amide bonds. The van der Waals surface area contributed by atoms with Gasteiger partial charge in [-0.1, -0.05) is 30.3 Å². The van der Waals surface area contributed by atoms with Crippen molar-refractivity contribution in [3.8, 4) is 10.4 Å². The third-order valence-electron chi connectivity index (χ3n) is 5.34. The van der Waals surface area contributed by atoms with Gasteiger partial charge in [0.05, 0.1) is 6.33 Å². The van der Waals surface area contributed by atoms with Crippen LogP contribution in [0.5, 0.6) is 0 Å². The summed E-state index contributed by atoms with van der Waals surface area (Å²) in [5.41, 5.74) is 8.05. The second-order valence-corrected chi connectivity index (χ2v) is 8.92. The fourth-order valence-corrected chi connectivity index (χ4v) is 4.18. The number of hydrogen-bond donors (Lipinski definition) is 5. The summed E-state index contributed by atoms with van der Waals surface area (Å²) >= 11 is 1.65. The van der Waals surface area contributed by atoms with Crippen molar-refractivity contribution in [3.05, 3.63) is 65.6 Å². The number of carbonyl (C=O) groups excluding carboxylic acids is 3. The van der Waals surface area contributed by atoms with E-state index >= 15 is 0 Å². The van der Waals surface area contributed by atoms with Gasteiger partial charge in [0.1, 0.15) is 12.1 Å². The molecule has 0 spiro atoms. The molecule has 2 unspecified atom stereocenters. The van der Waals surface area contributed by atoms with E-state index in [1.807, 2.05) is 41.8 Å². The van der Waals surface area contributed by atoms with E-state index in [1.165, 1.54) is 12.5 Å². The van der Waals surface area contributed by atoms with Crippen molar-refractivity contribution in [1.82, 2.24) is 20.6 Å². The molecule has 3 rings (SSSR count). The maximum Gasteiger partial charge on any atom is 0.303 e. The summed E-state index contributed by atoms with van der Waals surface area (Å²) in [7, 11) is 0. The van der Waals surface area contributed by atoms with Crippen LogP contribution < -0.4 is 16.4 Å². The predicted octanol–water partition coefficient (Wildman–Crippen LogP) is 1.63. The van der Waals surface area contributed by atoms with Crippen LogP contribution in [0, 0.1) is 0 Å². The van der Waals surface area contributed by atoms with E-state index in [9.17, 15) is 19.2 Å². The van der Waals surface area contributed by atoms with Crippen LogP contribution in [0.15, 0.2) is 54.3 Å². The molecule has 0 saturated heterocycles. The number of primary amides is 1. The minimum atomic E-state index is -1.12. The van der Waals surface area contributed by atoms with Gasteiger partial charge in [-0.2, -0.15) is 0 Å². The van der Waals surface area contributed by atoms with Crippen molar-refractivity contribution < 1.29 is 24.3 Å². The van der Waals surface area contributed by atoms with Crippen molar-refractivity contribution in [1.29, 1.82) is 0 Å². The van der Waals surface area contributed by atoms with E-state index in [0.29, 0.717) is 12.1 Å². The first-order valence-corrected chi connectivity index (χ1v) is 11.9. The second kappa shape index (κ2) is 12.5. The summed E-state index contributed by atoms with van der Waals surface area (Å²) in [5.74, 6) is -2.95. The second-order valence-electron chi connectivity index (χ2n) is 7.97. The number of nitrogens with zero attached hydrogens (tertiary/aromatic N) is 1. The van der Waals surface area contributed by atoms with Crippen LogP contribution in [0.4, 0.5) is 0 Å². The summed E-state index contributed by atoms with van der Waals surface area (Å²) in [5, 5.41) is 16.1. The molecule has 0 bridgehead atoms. The minimum Gasteiger partial charge on any atom is -0.481 e. The topological polar surface area (TPSA) is 167 Å². The van der Waals surface area contributed by atoms with Gasteiger partial charge in [-0.05, 0) is 35.4 Å². The lowest BCUT2D eigenvalue weighted by molar-refractivity contribution is -0.138. The SMILES string of the molecule is NC(=O)C(Cc1cnc[nH]1)NC(=O)C(CCC(=O)O)NC(=O)CCc1ccc(-c2cccs2)cc1. The molecule has 1 aromatic carbocycles. The normalized spacial score (nSPS) is 12.5. The highest BCUT2D eigenvalue weighted by molar-refractivity contribution is 7.13. The Morgan fingerprint density at radius 2 is 1.83 bits per heavy atom. The number of carbonyl (C=O) groups is 4. The molecule has 2 aromatic heterocycles. The third kappa shape index (κ3) is 8.07. The maximum absolute atomic E-state index is 12.8. The molecule has 0 saturated carbocycles. The summed E-state index contributed by atoms with van der Waals surface area (Å²) in [6.45, 7) is 0. The van der Waals surface area contributed by atoms with E-state index in [1.54, 1.807) is 11.3 Å². The van der Waals surface area contributed by atoms with Crippen molar-refractivity contribution in [2.45, 2.75) is 44.2 Å². The Balaban J connectivity index is 1.57. The molecule has 0 radical (unpaired) electrons. The molecule has 0 aliphatic heterocycles. The fraction of sp³-hybridized carbons (Fsp3) is 0.292. The number of aromatic nitrogens is 2. The number of hydrogen-bond acceptors (Lipinski definition) is 6. The summed E-state index contributed by atoms with van der Waals surface area (Å²) in [6.07, 6.45) is 3.13. The maximum atomic E-state index is 12.8. The molecule has 3 aromatic rings. The zero-order chi connectivity index (χ0) is 25.2. The van der Waals surface area contributed by atoms with E-state index in [2.05, 4.69) is 20.6 Å². The number of carboxylic acids is 1. The molecular weight excluding hydrogens is 470 g/mol. The van der Waals surface area contributed by atoms with Gasteiger partial charge in [-0.3, -0.25) is 19.2 Å². The standard InChI is InChI=1S/C24H27N5O5S/c25-23(33)19(12-17-13-26-14-27-17)29-24(34)18(8-10-22(31)32)28-21(30)9-5-15-3-6-16(7-4-15)20-2-1-11-35-20/h1-4,6-7,11,13-14,18-19H,5,8-10,12H2,(H2,25,33)(H,26,27)(H,28,30)(H,29,34)(H,31,32). The Labute approximate surface area is 206 Å². The first-order valence-electron chi connectivity index (χ1n) is 11.0. The molecule has 11 heteroatoms. The van der Waals surface area contributed by atoms with Gasteiger partial charge in [0.15, 0.2) is 0 Å². The number of rotatable bonds is 13. The Morgan fingerprint density at radius 3 is 2.43 bits per heavy atom. The number of aromatic amines is 1. The first kappa shape index (κ1) is 25.6. The molecule has 6 N–H and O–H groups in total. The summed E-state index contributed by atoms with van der Waals surface area (Å²) in [4.78, 5) is 56.1. The smallest absolute Gasteiger partial charge is 0.303 e. The number of nitrogens with one attached hydrogen (secondary N) is 3. The van der Waals surface area contributed by atoms with Crippen molar-refractivity contribution >= 4 is 35.0 Å². The van der Waals surface area contributed by atoms with Crippen LogP contribution in [0.1, 0.15) is 30.5 Å². The highest BCUT2D eigenvalue weighted by Crippen LogP contribution is 2.24. The summed E-state index contributed by atoms with van der Waals surface area (Å²) in [6, 6.07) is 9.73. The molecule has 0 aliphatic rings. The highest BCUT2D eigenvalue weighted by Gasteiger charge is 2.26. The number of aryl methyl sites for hydroxylation is 1. The van der Waals surface area contributed by atoms with Crippen LogP contribution >= 0.6 is 11.3 Å². The van der Waals surface area contributed by atoms with Crippen LogP contribution in [0.2, 0.25) is 0 Å². The molecule has 0 aliphatic carbocycles. The molecule has 2 atom stereocenters. The molecule has 2 heterocycles. The molecule has 35 heavy (non-hydrogen) atoms. The van der Waals surface area contributed by atoms with E-state index in [-0.39, 0.29) is 25.7 Å².